The average molecular weight is 128 g/mol. The molecule has 1 nitrogen and oxygen atoms in total. The van der Waals surface area contributed by atoms with Crippen molar-refractivity contribution in [2.24, 2.45) is 5.92 Å². The highest BCUT2D eigenvalue weighted by atomic mass is 16.3. The van der Waals surface area contributed by atoms with E-state index in [1.54, 1.807) is 0 Å². The Bertz CT molecular complexity index is 76.6. The van der Waals surface area contributed by atoms with Crippen molar-refractivity contribution < 1.29 is 5.11 Å². The zero-order chi connectivity index (χ0) is 7.28. The van der Waals surface area contributed by atoms with E-state index in [0.29, 0.717) is 5.92 Å². The van der Waals surface area contributed by atoms with E-state index >= 15 is 0 Å². The monoisotopic (exact) mass is 128 g/mol. The van der Waals surface area contributed by atoms with Crippen LogP contribution in [0.2, 0.25) is 0 Å². The van der Waals surface area contributed by atoms with Gasteiger partial charge in [-0.25, -0.2) is 0 Å². The summed E-state index contributed by atoms with van der Waals surface area (Å²) in [6, 6.07) is 0. The number of allylic oxidation sites excluding steroid dienone is 1. The maximum atomic E-state index is 8.92. The van der Waals surface area contributed by atoms with Gasteiger partial charge in [0.1, 0.15) is 0 Å². The van der Waals surface area contributed by atoms with Crippen LogP contribution in [0.1, 0.15) is 26.7 Å². The summed E-state index contributed by atoms with van der Waals surface area (Å²) in [6.45, 7) is 7.56. The Labute approximate surface area is 57.4 Å². The lowest BCUT2D eigenvalue weighted by atomic mass is 10.0. The van der Waals surface area contributed by atoms with Crippen LogP contribution in [0.25, 0.3) is 0 Å². The van der Waals surface area contributed by atoms with Gasteiger partial charge >= 0.3 is 0 Å². The van der Waals surface area contributed by atoms with Gasteiger partial charge in [-0.05, 0) is 25.7 Å². The van der Waals surface area contributed by atoms with Crippen LogP contribution in [-0.4, -0.2) is 11.2 Å². The van der Waals surface area contributed by atoms with E-state index in [0.717, 1.165) is 12.8 Å². The van der Waals surface area contributed by atoms with Gasteiger partial charge in [0.25, 0.3) is 0 Å². The molecule has 0 rings (SSSR count). The molecule has 0 saturated carbocycles. The van der Waals surface area contributed by atoms with Crippen molar-refractivity contribution in [3.63, 3.8) is 0 Å². The third-order valence-electron chi connectivity index (χ3n) is 1.31. The summed E-state index contributed by atoms with van der Waals surface area (Å²) in [5.74, 6) is 0.572. The van der Waals surface area contributed by atoms with Crippen LogP contribution in [0, 0.1) is 5.92 Å². The van der Waals surface area contributed by atoms with Crippen molar-refractivity contribution >= 4 is 0 Å². The molecule has 0 aromatic heterocycles. The molecule has 0 radical (unpaired) electrons. The number of hydrogen-bond donors (Lipinski definition) is 1. The van der Waals surface area contributed by atoms with E-state index in [4.69, 9.17) is 5.11 Å². The lowest BCUT2D eigenvalue weighted by Gasteiger charge is -2.09. The summed E-state index contributed by atoms with van der Waals surface area (Å²) in [5.41, 5.74) is 0. The zero-order valence-corrected chi connectivity index (χ0v) is 6.30. The van der Waals surface area contributed by atoms with Crippen molar-refractivity contribution in [3.8, 4) is 0 Å². The summed E-state index contributed by atoms with van der Waals surface area (Å²) in [4.78, 5) is 0. The molecular formula is C8H16O. The molecule has 54 valence electrons. The van der Waals surface area contributed by atoms with Gasteiger partial charge in [0, 0.05) is 0 Å². The summed E-state index contributed by atoms with van der Waals surface area (Å²) in [7, 11) is 0. The first kappa shape index (κ1) is 8.70. The molecule has 0 aliphatic heterocycles. The first-order valence-electron chi connectivity index (χ1n) is 3.45. The molecule has 0 aliphatic rings. The Hall–Kier alpha value is -0.300. The predicted octanol–water partition coefficient (Wildman–Crippen LogP) is 1.97. The molecule has 1 heteroatoms. The largest absolute Gasteiger partial charge is 0.393 e. The van der Waals surface area contributed by atoms with Crippen molar-refractivity contribution in [1.29, 1.82) is 0 Å². The molecule has 1 N–H and O–H groups in total. The maximum absolute atomic E-state index is 8.92. The highest BCUT2D eigenvalue weighted by Crippen LogP contribution is 2.09. The van der Waals surface area contributed by atoms with Gasteiger partial charge in [0.2, 0.25) is 0 Å². The fraction of sp³-hybridized carbons (Fsp3) is 0.750. The summed E-state index contributed by atoms with van der Waals surface area (Å²) >= 11 is 0. The number of rotatable bonds is 4. The lowest BCUT2D eigenvalue weighted by Crippen LogP contribution is -2.05. The van der Waals surface area contributed by atoms with Gasteiger partial charge in [0.05, 0.1) is 6.10 Å². The summed E-state index contributed by atoms with van der Waals surface area (Å²) < 4.78 is 0. The molecule has 0 aliphatic carbocycles. The molecular weight excluding hydrogens is 112 g/mol. The fourth-order valence-corrected chi connectivity index (χ4v) is 0.963. The van der Waals surface area contributed by atoms with Gasteiger partial charge in [-0.1, -0.05) is 13.0 Å². The van der Waals surface area contributed by atoms with Crippen molar-refractivity contribution in [1.82, 2.24) is 0 Å². The number of aliphatic hydroxyl groups excluding tert-OH is 1. The Morgan fingerprint density at radius 2 is 2.11 bits per heavy atom. The van der Waals surface area contributed by atoms with Crippen LogP contribution in [0.3, 0.4) is 0 Å². The minimum Gasteiger partial charge on any atom is -0.393 e. The Balaban J connectivity index is 3.25. The van der Waals surface area contributed by atoms with Crippen LogP contribution < -0.4 is 0 Å². The van der Waals surface area contributed by atoms with Crippen molar-refractivity contribution in [2.45, 2.75) is 32.8 Å². The second-order valence-corrected chi connectivity index (χ2v) is 2.71. The van der Waals surface area contributed by atoms with E-state index in [-0.39, 0.29) is 6.10 Å². The topological polar surface area (TPSA) is 20.2 Å². The molecule has 0 amide bonds. The molecule has 0 bridgehead atoms. The van der Waals surface area contributed by atoms with Crippen LogP contribution in [0.4, 0.5) is 0 Å². The van der Waals surface area contributed by atoms with Crippen LogP contribution in [-0.2, 0) is 0 Å². The average Bonchev–Trinajstić information content (AvgIpc) is 1.63. The Kier molecular flexibility index (Phi) is 4.41. The highest BCUT2D eigenvalue weighted by Gasteiger charge is 2.02. The molecule has 0 fully saturated rings. The van der Waals surface area contributed by atoms with Crippen LogP contribution in [0.15, 0.2) is 12.7 Å². The zero-order valence-electron chi connectivity index (χ0n) is 6.30. The van der Waals surface area contributed by atoms with Crippen LogP contribution >= 0.6 is 0 Å². The Morgan fingerprint density at radius 3 is 2.44 bits per heavy atom. The van der Waals surface area contributed by atoms with Crippen molar-refractivity contribution in [2.75, 3.05) is 0 Å². The third-order valence-corrected chi connectivity index (χ3v) is 1.31. The first-order valence-corrected chi connectivity index (χ1v) is 3.45. The molecule has 0 saturated heterocycles. The normalized spacial score (nSPS) is 16.8. The number of aliphatic hydroxyl groups is 1. The summed E-state index contributed by atoms with van der Waals surface area (Å²) in [6.07, 6.45) is 3.62. The first-order chi connectivity index (χ1) is 4.16. The smallest absolute Gasteiger partial charge is 0.0514 e. The van der Waals surface area contributed by atoms with E-state index in [2.05, 4.69) is 13.5 Å². The molecule has 0 spiro atoms. The fourth-order valence-electron chi connectivity index (χ4n) is 0.963. The molecule has 9 heavy (non-hydrogen) atoms. The van der Waals surface area contributed by atoms with E-state index in [1.807, 2.05) is 13.0 Å². The van der Waals surface area contributed by atoms with E-state index < -0.39 is 0 Å². The third kappa shape index (κ3) is 5.57. The summed E-state index contributed by atoms with van der Waals surface area (Å²) in [5, 5.41) is 8.92. The van der Waals surface area contributed by atoms with E-state index in [1.165, 1.54) is 0 Å². The predicted molar refractivity (Wildman–Crippen MR) is 40.3 cm³/mol. The highest BCUT2D eigenvalue weighted by molar-refractivity contribution is 4.71. The van der Waals surface area contributed by atoms with Gasteiger partial charge in [-0.2, -0.15) is 0 Å². The van der Waals surface area contributed by atoms with Crippen molar-refractivity contribution in [3.05, 3.63) is 12.7 Å². The van der Waals surface area contributed by atoms with Gasteiger partial charge in [-0.15, -0.1) is 6.58 Å². The second kappa shape index (κ2) is 4.57. The standard InChI is InChI=1S/C8H16O/c1-4-5-7(2)6-8(3)9/h4,7-9H,1,5-6H2,2-3H3. The second-order valence-electron chi connectivity index (χ2n) is 2.71. The quantitative estimate of drug-likeness (QED) is 0.574. The van der Waals surface area contributed by atoms with Gasteiger partial charge in [0.15, 0.2) is 0 Å². The molecule has 0 heterocycles. The minimum atomic E-state index is -0.167. The molecule has 2 unspecified atom stereocenters. The van der Waals surface area contributed by atoms with Gasteiger partial charge in [-0.3, -0.25) is 0 Å². The SMILES string of the molecule is C=CCC(C)CC(C)O. The lowest BCUT2D eigenvalue weighted by molar-refractivity contribution is 0.164. The van der Waals surface area contributed by atoms with E-state index in [9.17, 15) is 0 Å². The van der Waals surface area contributed by atoms with Gasteiger partial charge < -0.3 is 5.11 Å². The number of hydrogen-bond acceptors (Lipinski definition) is 1. The molecule has 0 aromatic carbocycles. The maximum Gasteiger partial charge on any atom is 0.0514 e. The van der Waals surface area contributed by atoms with Crippen LogP contribution in [0.5, 0.6) is 0 Å². The Morgan fingerprint density at radius 1 is 1.56 bits per heavy atom. The molecule has 2 atom stereocenters. The molecule has 0 aromatic rings. The minimum absolute atomic E-state index is 0.167.